The largest absolute Gasteiger partial charge is 0.481 e. The molecule has 0 unspecified atom stereocenters. The number of unbranched alkanes of at least 4 members (excludes halogenated alkanes) is 1. The molecule has 0 heterocycles. The van der Waals surface area contributed by atoms with Crippen molar-refractivity contribution in [3.63, 3.8) is 0 Å². The Morgan fingerprint density at radius 1 is 1.14 bits per heavy atom. The molecule has 0 spiro atoms. The second kappa shape index (κ2) is 7.78. The minimum atomic E-state index is -0.903. The van der Waals surface area contributed by atoms with Gasteiger partial charge in [0, 0.05) is 5.69 Å². The van der Waals surface area contributed by atoms with Crippen molar-refractivity contribution >= 4 is 17.6 Å². The average Bonchev–Trinajstić information content (AvgIpc) is 2.54. The number of carboxylic acid groups (broad SMARTS) is 1. The molecule has 0 saturated carbocycles. The van der Waals surface area contributed by atoms with Crippen LogP contribution in [-0.4, -0.2) is 17.0 Å². The number of carbonyl (C=O) groups is 2. The smallest absolute Gasteiger partial charge is 0.307 e. The first-order chi connectivity index (χ1) is 10.6. The van der Waals surface area contributed by atoms with Crippen molar-refractivity contribution in [1.82, 2.24) is 0 Å². The molecule has 0 saturated heterocycles. The molecule has 1 aliphatic carbocycles. The number of hydrogen-bond acceptors (Lipinski definition) is 2. The average molecular weight is 301 g/mol. The number of benzene rings is 1. The van der Waals surface area contributed by atoms with E-state index in [0.29, 0.717) is 12.8 Å². The van der Waals surface area contributed by atoms with Gasteiger partial charge in [0.15, 0.2) is 0 Å². The molecule has 118 valence electrons. The Hall–Kier alpha value is -2.10. The summed E-state index contributed by atoms with van der Waals surface area (Å²) in [5.41, 5.74) is 1.98. The van der Waals surface area contributed by atoms with Gasteiger partial charge in [-0.25, -0.2) is 0 Å². The zero-order valence-electron chi connectivity index (χ0n) is 12.9. The summed E-state index contributed by atoms with van der Waals surface area (Å²) in [4.78, 5) is 23.6. The molecule has 1 aliphatic rings. The summed E-state index contributed by atoms with van der Waals surface area (Å²) in [6.07, 6.45) is 7.98. The lowest BCUT2D eigenvalue weighted by molar-refractivity contribution is -0.146. The molecule has 2 rings (SSSR count). The van der Waals surface area contributed by atoms with Crippen LogP contribution in [0, 0.1) is 11.8 Å². The van der Waals surface area contributed by atoms with Crippen molar-refractivity contribution in [2.24, 2.45) is 11.8 Å². The number of anilines is 1. The summed E-state index contributed by atoms with van der Waals surface area (Å²) in [6, 6.07) is 7.80. The highest BCUT2D eigenvalue weighted by molar-refractivity contribution is 5.95. The first-order valence-corrected chi connectivity index (χ1v) is 7.89. The predicted molar refractivity (Wildman–Crippen MR) is 86.7 cm³/mol. The Morgan fingerprint density at radius 3 is 2.36 bits per heavy atom. The van der Waals surface area contributed by atoms with Gasteiger partial charge >= 0.3 is 5.97 Å². The Balaban J connectivity index is 1.98. The quantitative estimate of drug-likeness (QED) is 0.788. The number of carbonyl (C=O) groups excluding carboxylic acids is 1. The third-order valence-electron chi connectivity index (χ3n) is 4.13. The molecule has 0 bridgehead atoms. The maximum absolute atomic E-state index is 12.3. The van der Waals surface area contributed by atoms with Crippen LogP contribution in [0.1, 0.15) is 38.2 Å². The molecule has 1 amide bonds. The van der Waals surface area contributed by atoms with Crippen molar-refractivity contribution in [3.05, 3.63) is 42.0 Å². The van der Waals surface area contributed by atoms with Gasteiger partial charge in [-0.15, -0.1) is 0 Å². The molecular weight excluding hydrogens is 278 g/mol. The van der Waals surface area contributed by atoms with Gasteiger partial charge in [-0.3, -0.25) is 9.59 Å². The molecule has 0 aromatic heterocycles. The fourth-order valence-electron chi connectivity index (χ4n) is 2.75. The van der Waals surface area contributed by atoms with Gasteiger partial charge in [-0.05, 0) is 43.4 Å². The maximum Gasteiger partial charge on any atom is 0.307 e. The zero-order valence-corrected chi connectivity index (χ0v) is 12.9. The van der Waals surface area contributed by atoms with Gasteiger partial charge in [0.25, 0.3) is 0 Å². The fourth-order valence-corrected chi connectivity index (χ4v) is 2.75. The minimum Gasteiger partial charge on any atom is -0.481 e. The van der Waals surface area contributed by atoms with Gasteiger partial charge < -0.3 is 10.4 Å². The Labute approximate surface area is 131 Å². The van der Waals surface area contributed by atoms with E-state index in [1.54, 1.807) is 0 Å². The number of nitrogens with one attached hydrogen (secondary N) is 1. The maximum atomic E-state index is 12.3. The van der Waals surface area contributed by atoms with E-state index < -0.39 is 17.8 Å². The fraction of sp³-hybridized carbons (Fsp3) is 0.444. The van der Waals surface area contributed by atoms with Gasteiger partial charge in [0.1, 0.15) is 0 Å². The van der Waals surface area contributed by atoms with Crippen molar-refractivity contribution in [1.29, 1.82) is 0 Å². The third-order valence-corrected chi connectivity index (χ3v) is 4.13. The Kier molecular flexibility index (Phi) is 5.75. The normalized spacial score (nSPS) is 20.6. The highest BCUT2D eigenvalue weighted by Gasteiger charge is 2.33. The minimum absolute atomic E-state index is 0.210. The summed E-state index contributed by atoms with van der Waals surface area (Å²) >= 11 is 0. The summed E-state index contributed by atoms with van der Waals surface area (Å²) in [5, 5.41) is 12.1. The molecule has 4 nitrogen and oxygen atoms in total. The topological polar surface area (TPSA) is 66.4 Å². The highest BCUT2D eigenvalue weighted by atomic mass is 16.4. The SMILES string of the molecule is CCCCc1ccc(NC(=O)[C@H]2CC=CC[C@@H]2C(=O)O)cc1. The van der Waals surface area contributed by atoms with Crippen LogP contribution in [-0.2, 0) is 16.0 Å². The first-order valence-electron chi connectivity index (χ1n) is 7.89. The number of amides is 1. The number of hydrogen-bond donors (Lipinski definition) is 2. The molecule has 2 atom stereocenters. The van der Waals surface area contributed by atoms with E-state index in [0.717, 1.165) is 24.9 Å². The number of rotatable bonds is 6. The number of aliphatic carboxylic acids is 1. The van der Waals surface area contributed by atoms with Crippen LogP contribution < -0.4 is 5.32 Å². The van der Waals surface area contributed by atoms with Crippen LogP contribution in [0.5, 0.6) is 0 Å². The summed E-state index contributed by atoms with van der Waals surface area (Å²) in [6.45, 7) is 2.16. The number of carboxylic acids is 1. The van der Waals surface area contributed by atoms with Crippen LogP contribution in [0.15, 0.2) is 36.4 Å². The molecule has 22 heavy (non-hydrogen) atoms. The van der Waals surface area contributed by atoms with Crippen LogP contribution in [0.4, 0.5) is 5.69 Å². The summed E-state index contributed by atoms with van der Waals surface area (Å²) < 4.78 is 0. The zero-order chi connectivity index (χ0) is 15.9. The van der Waals surface area contributed by atoms with Crippen LogP contribution in [0.25, 0.3) is 0 Å². The third kappa shape index (κ3) is 4.20. The molecule has 1 aromatic rings. The highest BCUT2D eigenvalue weighted by Crippen LogP contribution is 2.27. The molecule has 0 aliphatic heterocycles. The standard InChI is InChI=1S/C18H23NO3/c1-2-3-6-13-9-11-14(12-10-13)19-17(20)15-7-4-5-8-16(15)18(21)22/h4-5,9-12,15-16H,2-3,6-8H2,1H3,(H,19,20)(H,21,22)/t15-,16-/m0/s1. The van der Waals surface area contributed by atoms with Gasteiger partial charge in [-0.1, -0.05) is 37.6 Å². The molecule has 0 fully saturated rings. The summed E-state index contributed by atoms with van der Waals surface area (Å²) in [5.74, 6) is -2.24. The van der Waals surface area contributed by atoms with Gasteiger partial charge in [0.05, 0.1) is 11.8 Å². The monoisotopic (exact) mass is 301 g/mol. The van der Waals surface area contributed by atoms with Gasteiger partial charge in [0.2, 0.25) is 5.91 Å². The number of aryl methyl sites for hydroxylation is 1. The van der Waals surface area contributed by atoms with E-state index in [-0.39, 0.29) is 5.91 Å². The molecule has 0 radical (unpaired) electrons. The van der Waals surface area contributed by atoms with Crippen molar-refractivity contribution < 1.29 is 14.7 Å². The van der Waals surface area contributed by atoms with Crippen LogP contribution >= 0.6 is 0 Å². The van der Waals surface area contributed by atoms with Crippen LogP contribution in [0.3, 0.4) is 0 Å². The molecule has 4 heteroatoms. The van der Waals surface area contributed by atoms with Crippen molar-refractivity contribution in [3.8, 4) is 0 Å². The Bertz CT molecular complexity index is 548. The van der Waals surface area contributed by atoms with E-state index in [9.17, 15) is 14.7 Å². The van der Waals surface area contributed by atoms with Crippen molar-refractivity contribution in [2.45, 2.75) is 39.0 Å². The van der Waals surface area contributed by atoms with E-state index in [1.807, 2.05) is 36.4 Å². The number of allylic oxidation sites excluding steroid dienone is 2. The molecular formula is C18H23NO3. The predicted octanol–water partition coefficient (Wildman–Crippen LogP) is 3.63. The van der Waals surface area contributed by atoms with E-state index in [2.05, 4.69) is 12.2 Å². The lowest BCUT2D eigenvalue weighted by Crippen LogP contribution is -2.34. The summed E-state index contributed by atoms with van der Waals surface area (Å²) in [7, 11) is 0. The van der Waals surface area contributed by atoms with E-state index in [1.165, 1.54) is 5.56 Å². The lowest BCUT2D eigenvalue weighted by atomic mass is 9.82. The molecule has 1 aromatic carbocycles. The van der Waals surface area contributed by atoms with Crippen molar-refractivity contribution in [2.75, 3.05) is 5.32 Å². The van der Waals surface area contributed by atoms with E-state index in [4.69, 9.17) is 0 Å². The lowest BCUT2D eigenvalue weighted by Gasteiger charge is -2.24. The van der Waals surface area contributed by atoms with Gasteiger partial charge in [-0.2, -0.15) is 0 Å². The second-order valence-corrected chi connectivity index (χ2v) is 5.78. The van der Waals surface area contributed by atoms with E-state index >= 15 is 0 Å². The second-order valence-electron chi connectivity index (χ2n) is 5.78. The Morgan fingerprint density at radius 2 is 1.77 bits per heavy atom. The molecule has 2 N–H and O–H groups in total. The first kappa shape index (κ1) is 16.3. The van der Waals surface area contributed by atoms with Crippen LogP contribution in [0.2, 0.25) is 0 Å².